The van der Waals surface area contributed by atoms with Crippen molar-refractivity contribution in [3.05, 3.63) is 114 Å². The molecule has 0 aliphatic carbocycles. The van der Waals surface area contributed by atoms with Crippen LogP contribution in [-0.4, -0.2) is 29.7 Å². The summed E-state index contributed by atoms with van der Waals surface area (Å²) in [4.78, 5) is 45.7. The van der Waals surface area contributed by atoms with E-state index in [4.69, 9.17) is 24.2 Å². The van der Waals surface area contributed by atoms with E-state index in [0.29, 0.717) is 4.90 Å². The molecule has 1 aliphatic heterocycles. The highest BCUT2D eigenvalue weighted by molar-refractivity contribution is 6.22. The summed E-state index contributed by atoms with van der Waals surface area (Å²) < 4.78 is 36.7. The number of pyridine rings is 1. The molecule has 1 atom stereocenters. The summed E-state index contributed by atoms with van der Waals surface area (Å²) in [6, 6.07) is 23.9. The molecule has 2 heterocycles. The van der Waals surface area contributed by atoms with E-state index >= 15 is 0 Å². The molecule has 0 saturated carbocycles. The summed E-state index contributed by atoms with van der Waals surface area (Å²) in [7, 11) is 0. The maximum Gasteiger partial charge on any atom is 0.515 e. The van der Waals surface area contributed by atoms with E-state index in [2.05, 4.69) is 4.98 Å². The van der Waals surface area contributed by atoms with Crippen LogP contribution >= 0.6 is 0 Å². The molecule has 0 fully saturated rings. The molecular formula is C30H20FN3O7. The molecular weight excluding hydrogens is 533 g/mol. The molecule has 1 aromatic heterocycles. The van der Waals surface area contributed by atoms with Gasteiger partial charge in [0.25, 0.3) is 11.5 Å². The van der Waals surface area contributed by atoms with Gasteiger partial charge in [-0.3, -0.25) is 4.79 Å². The van der Waals surface area contributed by atoms with E-state index in [9.17, 15) is 18.8 Å². The van der Waals surface area contributed by atoms with Crippen LogP contribution in [-0.2, 0) is 15.1 Å². The van der Waals surface area contributed by atoms with Crippen molar-refractivity contribution < 1.29 is 37.7 Å². The van der Waals surface area contributed by atoms with E-state index in [1.807, 2.05) is 6.07 Å². The van der Waals surface area contributed by atoms with Crippen molar-refractivity contribution >= 4 is 23.8 Å². The van der Waals surface area contributed by atoms with Crippen molar-refractivity contribution in [2.75, 3.05) is 11.5 Å². The average molecular weight is 554 g/mol. The number of carbonyl (C=O) groups excluding carboxylic acids is 3. The third-order valence-electron chi connectivity index (χ3n) is 6.00. The van der Waals surface area contributed by atoms with Gasteiger partial charge in [0.2, 0.25) is 5.88 Å². The fraction of sp³-hybridized carbons (Fsp3) is 0.100. The molecule has 5 rings (SSSR count). The van der Waals surface area contributed by atoms with Crippen LogP contribution in [0.15, 0.2) is 97.2 Å². The second-order valence-corrected chi connectivity index (χ2v) is 8.54. The fourth-order valence-electron chi connectivity index (χ4n) is 4.30. The lowest BCUT2D eigenvalue weighted by Crippen LogP contribution is -2.48. The van der Waals surface area contributed by atoms with E-state index in [0.717, 1.165) is 12.1 Å². The summed E-state index contributed by atoms with van der Waals surface area (Å²) in [6.07, 6.45) is -1.12. The number of fused-ring (bicyclic) bond motifs is 1. The number of halogens is 1. The van der Waals surface area contributed by atoms with Gasteiger partial charge in [-0.2, -0.15) is 5.26 Å². The largest absolute Gasteiger partial charge is 0.515 e. The topological polar surface area (TPSA) is 128 Å². The Bertz CT molecular complexity index is 1640. The van der Waals surface area contributed by atoms with Gasteiger partial charge in [-0.05, 0) is 54.6 Å². The summed E-state index contributed by atoms with van der Waals surface area (Å²) in [5, 5.41) is 8.97. The third kappa shape index (κ3) is 5.26. The molecule has 0 bridgehead atoms. The Morgan fingerprint density at radius 1 is 0.902 bits per heavy atom. The zero-order valence-corrected chi connectivity index (χ0v) is 21.2. The van der Waals surface area contributed by atoms with Gasteiger partial charge in [0, 0.05) is 11.8 Å². The molecule has 0 radical (unpaired) electrons. The number of para-hydroxylation sites is 2. The van der Waals surface area contributed by atoms with Crippen molar-refractivity contribution in [3.8, 4) is 23.4 Å². The molecule has 1 aliphatic rings. The van der Waals surface area contributed by atoms with Crippen molar-refractivity contribution in [2.45, 2.75) is 12.0 Å². The van der Waals surface area contributed by atoms with E-state index in [1.54, 1.807) is 36.4 Å². The van der Waals surface area contributed by atoms with Gasteiger partial charge in [-0.15, -0.1) is 0 Å². The molecule has 2 amide bonds. The van der Waals surface area contributed by atoms with Crippen LogP contribution in [0.4, 0.5) is 19.7 Å². The van der Waals surface area contributed by atoms with Gasteiger partial charge in [0.1, 0.15) is 23.9 Å². The van der Waals surface area contributed by atoms with Gasteiger partial charge in [-0.1, -0.05) is 36.4 Å². The van der Waals surface area contributed by atoms with Crippen molar-refractivity contribution in [2.24, 2.45) is 0 Å². The smallest absolute Gasteiger partial charge is 0.476 e. The zero-order chi connectivity index (χ0) is 28.8. The minimum absolute atomic E-state index is 0.00874. The number of benzene rings is 3. The maximum atomic E-state index is 14.6. The molecule has 3 aromatic carbocycles. The lowest BCUT2D eigenvalue weighted by molar-refractivity contribution is -0.133. The molecule has 204 valence electrons. The van der Waals surface area contributed by atoms with E-state index in [1.165, 1.54) is 48.7 Å². The van der Waals surface area contributed by atoms with Crippen molar-refractivity contribution in [3.63, 3.8) is 0 Å². The lowest BCUT2D eigenvalue weighted by atomic mass is 9.87. The van der Waals surface area contributed by atoms with Crippen molar-refractivity contribution in [1.82, 2.24) is 4.98 Å². The Labute approximate surface area is 233 Å². The van der Waals surface area contributed by atoms with Crippen LogP contribution in [0.3, 0.4) is 0 Å². The van der Waals surface area contributed by atoms with Crippen LogP contribution in [0, 0.1) is 17.1 Å². The number of ether oxygens (including phenoxy) is 4. The van der Waals surface area contributed by atoms with Crippen LogP contribution in [0.1, 0.15) is 17.5 Å². The minimum Gasteiger partial charge on any atom is -0.476 e. The molecule has 0 spiro atoms. The van der Waals surface area contributed by atoms with Crippen molar-refractivity contribution in [1.29, 1.82) is 5.26 Å². The molecule has 0 N–H and O–H groups in total. The van der Waals surface area contributed by atoms with Crippen LogP contribution < -0.4 is 19.1 Å². The first-order valence-electron chi connectivity index (χ1n) is 12.3. The Morgan fingerprint density at radius 2 is 1.59 bits per heavy atom. The standard InChI is InChI=1S/C30H20FN3O7/c31-20-14-15-23-25(19-20)34(28(36)39-21-9-3-1-4-10-21)27(35)30(23,41-29(37)40-22-11-5-2-6-12-22)24-13-7-17-33-26(24)38-18-8-16-32/h1-7,9-15,17,19H,8,18H2. The first-order chi connectivity index (χ1) is 19.9. The number of hydrogen-bond acceptors (Lipinski definition) is 9. The summed E-state index contributed by atoms with van der Waals surface area (Å²) in [5.41, 5.74) is -2.80. The Kier molecular flexibility index (Phi) is 7.56. The number of nitrogens with zero attached hydrogens (tertiary/aromatic N) is 3. The fourth-order valence-corrected chi connectivity index (χ4v) is 4.30. The summed E-state index contributed by atoms with van der Waals surface area (Å²) >= 11 is 0. The van der Waals surface area contributed by atoms with Crippen LogP contribution in [0.2, 0.25) is 0 Å². The monoisotopic (exact) mass is 553 g/mol. The predicted octanol–water partition coefficient (Wildman–Crippen LogP) is 5.52. The SMILES string of the molecule is N#CCCOc1ncccc1C1(OC(=O)Oc2ccccc2)C(=O)N(C(=O)Oc2ccccc2)c2cc(F)ccc21. The second-order valence-electron chi connectivity index (χ2n) is 8.54. The van der Waals surface area contributed by atoms with Gasteiger partial charge >= 0.3 is 12.2 Å². The Balaban J connectivity index is 1.65. The molecule has 4 aromatic rings. The number of nitriles is 1. The number of rotatable bonds is 7. The Morgan fingerprint density at radius 3 is 2.27 bits per heavy atom. The summed E-state index contributed by atoms with van der Waals surface area (Å²) in [5.74, 6) is -1.80. The quantitative estimate of drug-likeness (QED) is 0.165. The summed E-state index contributed by atoms with van der Waals surface area (Å²) in [6.45, 7) is -0.102. The van der Waals surface area contributed by atoms with Gasteiger partial charge in [0.15, 0.2) is 0 Å². The molecule has 10 nitrogen and oxygen atoms in total. The third-order valence-corrected chi connectivity index (χ3v) is 6.00. The number of hydrogen-bond donors (Lipinski definition) is 0. The number of carbonyl (C=O) groups is 3. The second kappa shape index (κ2) is 11.5. The number of imide groups is 1. The van der Waals surface area contributed by atoms with Crippen LogP contribution in [0.25, 0.3) is 0 Å². The van der Waals surface area contributed by atoms with Gasteiger partial charge in [0.05, 0.1) is 23.7 Å². The number of aromatic nitrogens is 1. The maximum absolute atomic E-state index is 14.6. The number of amides is 2. The minimum atomic E-state index is -2.42. The van der Waals surface area contributed by atoms with Crippen LogP contribution in [0.5, 0.6) is 17.4 Å². The highest BCUT2D eigenvalue weighted by Crippen LogP contribution is 2.50. The predicted molar refractivity (Wildman–Crippen MR) is 141 cm³/mol. The Hall–Kier alpha value is -5.76. The first kappa shape index (κ1) is 26.8. The highest BCUT2D eigenvalue weighted by atomic mass is 19.1. The molecule has 1 unspecified atom stereocenters. The highest BCUT2D eigenvalue weighted by Gasteiger charge is 2.60. The normalized spacial score (nSPS) is 15.4. The lowest BCUT2D eigenvalue weighted by Gasteiger charge is -2.29. The van der Waals surface area contributed by atoms with Gasteiger partial charge < -0.3 is 18.9 Å². The molecule has 0 saturated heterocycles. The zero-order valence-electron chi connectivity index (χ0n) is 21.2. The average Bonchev–Trinajstić information content (AvgIpc) is 3.21. The number of anilines is 1. The molecule has 11 heteroatoms. The van der Waals surface area contributed by atoms with E-state index < -0.39 is 29.6 Å². The first-order valence-corrected chi connectivity index (χ1v) is 12.3. The molecule has 41 heavy (non-hydrogen) atoms. The van der Waals surface area contributed by atoms with E-state index in [-0.39, 0.29) is 47.2 Å². The van der Waals surface area contributed by atoms with Gasteiger partial charge in [-0.25, -0.2) is 23.9 Å².